The average molecular weight is 487 g/mol. The van der Waals surface area contributed by atoms with Gasteiger partial charge in [0.15, 0.2) is 0 Å². The second kappa shape index (κ2) is 10.6. The molecule has 0 bridgehead atoms. The van der Waals surface area contributed by atoms with Crippen molar-refractivity contribution in [2.75, 3.05) is 16.8 Å². The number of para-hydroxylation sites is 2. The van der Waals surface area contributed by atoms with Crippen LogP contribution in [0.25, 0.3) is 0 Å². The summed E-state index contributed by atoms with van der Waals surface area (Å²) in [5.41, 5.74) is 3.29. The number of ether oxygens (including phenoxy) is 1. The number of hydrogen-bond donors (Lipinski definition) is 1. The molecule has 3 aromatic carbocycles. The molecule has 0 radical (unpaired) electrons. The topological polar surface area (TPSA) is 75.7 Å². The van der Waals surface area contributed by atoms with Gasteiger partial charge in [-0.05, 0) is 56.2 Å². The standard InChI is InChI=1S/C28H26N2O4S/c1-4-17-34-28(33)21-10-6-8-12-23(21)30-26(31)24(29-22-11-7-5-9-19(22)3)25(27(30)32)35-20-15-13-18(2)14-16-20/h5-16,29H,4,17H2,1-3H3. The van der Waals surface area contributed by atoms with E-state index in [1.807, 2.05) is 69.3 Å². The van der Waals surface area contributed by atoms with Crippen LogP contribution in [0.15, 0.2) is 88.3 Å². The Morgan fingerprint density at radius 3 is 2.31 bits per heavy atom. The fourth-order valence-electron chi connectivity index (χ4n) is 3.62. The Labute approximate surface area is 209 Å². The number of carbonyl (C=O) groups excluding carboxylic acids is 3. The number of anilines is 2. The lowest BCUT2D eigenvalue weighted by Crippen LogP contribution is -2.33. The summed E-state index contributed by atoms with van der Waals surface area (Å²) in [7, 11) is 0. The maximum atomic E-state index is 13.7. The zero-order valence-electron chi connectivity index (χ0n) is 19.8. The first-order valence-electron chi connectivity index (χ1n) is 11.4. The molecular formula is C28H26N2O4S. The van der Waals surface area contributed by atoms with Crippen molar-refractivity contribution in [3.63, 3.8) is 0 Å². The van der Waals surface area contributed by atoms with Crippen molar-refractivity contribution in [2.45, 2.75) is 32.1 Å². The first-order chi connectivity index (χ1) is 16.9. The number of esters is 1. The Morgan fingerprint density at radius 1 is 0.914 bits per heavy atom. The molecule has 0 aliphatic carbocycles. The highest BCUT2D eigenvalue weighted by Gasteiger charge is 2.41. The molecule has 0 saturated carbocycles. The number of hydrogen-bond acceptors (Lipinski definition) is 6. The van der Waals surface area contributed by atoms with Gasteiger partial charge in [0.25, 0.3) is 11.8 Å². The smallest absolute Gasteiger partial charge is 0.340 e. The molecule has 0 atom stereocenters. The monoisotopic (exact) mass is 486 g/mol. The number of thioether (sulfide) groups is 1. The van der Waals surface area contributed by atoms with Gasteiger partial charge in [-0.2, -0.15) is 0 Å². The number of carbonyl (C=O) groups is 3. The number of amides is 2. The van der Waals surface area contributed by atoms with Gasteiger partial charge in [0, 0.05) is 10.6 Å². The van der Waals surface area contributed by atoms with Crippen LogP contribution < -0.4 is 10.2 Å². The molecule has 1 heterocycles. The van der Waals surface area contributed by atoms with E-state index < -0.39 is 17.8 Å². The summed E-state index contributed by atoms with van der Waals surface area (Å²) in [6, 6.07) is 21.8. The van der Waals surface area contributed by atoms with Gasteiger partial charge in [0.1, 0.15) is 10.6 Å². The zero-order valence-corrected chi connectivity index (χ0v) is 20.6. The van der Waals surface area contributed by atoms with E-state index in [9.17, 15) is 14.4 Å². The van der Waals surface area contributed by atoms with E-state index in [4.69, 9.17) is 4.74 Å². The molecular weight excluding hydrogens is 460 g/mol. The lowest BCUT2D eigenvalue weighted by Gasteiger charge is -2.18. The van der Waals surface area contributed by atoms with E-state index in [1.54, 1.807) is 24.3 Å². The maximum Gasteiger partial charge on any atom is 0.340 e. The van der Waals surface area contributed by atoms with Gasteiger partial charge in [-0.15, -0.1) is 0 Å². The van der Waals surface area contributed by atoms with Crippen molar-refractivity contribution in [3.05, 3.63) is 100 Å². The van der Waals surface area contributed by atoms with E-state index >= 15 is 0 Å². The van der Waals surface area contributed by atoms with Crippen LogP contribution in [0.5, 0.6) is 0 Å². The van der Waals surface area contributed by atoms with E-state index in [0.29, 0.717) is 6.42 Å². The first kappa shape index (κ1) is 24.3. The SMILES string of the molecule is CCCOC(=O)c1ccccc1N1C(=O)C(Nc2ccccc2C)=C(Sc2ccc(C)cc2)C1=O. The molecule has 6 nitrogen and oxygen atoms in total. The van der Waals surface area contributed by atoms with Crippen LogP contribution in [0.3, 0.4) is 0 Å². The van der Waals surface area contributed by atoms with Crippen molar-refractivity contribution >= 4 is 40.9 Å². The van der Waals surface area contributed by atoms with Crippen LogP contribution in [0.4, 0.5) is 11.4 Å². The lowest BCUT2D eigenvalue weighted by atomic mass is 10.1. The Morgan fingerprint density at radius 2 is 1.60 bits per heavy atom. The summed E-state index contributed by atoms with van der Waals surface area (Å²) in [5.74, 6) is -1.59. The summed E-state index contributed by atoms with van der Waals surface area (Å²) < 4.78 is 5.30. The number of imide groups is 1. The van der Waals surface area contributed by atoms with E-state index in [2.05, 4.69) is 5.32 Å². The van der Waals surface area contributed by atoms with E-state index in [-0.39, 0.29) is 28.5 Å². The van der Waals surface area contributed by atoms with Crippen LogP contribution >= 0.6 is 11.8 Å². The summed E-state index contributed by atoms with van der Waals surface area (Å²) in [5, 5.41) is 3.18. The van der Waals surface area contributed by atoms with Gasteiger partial charge >= 0.3 is 5.97 Å². The Balaban J connectivity index is 1.76. The second-order valence-corrected chi connectivity index (χ2v) is 9.24. The third-order valence-electron chi connectivity index (χ3n) is 5.49. The number of benzene rings is 3. The molecule has 178 valence electrons. The van der Waals surface area contributed by atoms with Gasteiger partial charge in [-0.25, -0.2) is 9.69 Å². The minimum Gasteiger partial charge on any atom is -0.462 e. The highest BCUT2D eigenvalue weighted by Crippen LogP contribution is 2.39. The molecule has 0 fully saturated rings. The normalized spacial score (nSPS) is 13.4. The average Bonchev–Trinajstić information content (AvgIpc) is 3.09. The number of nitrogens with one attached hydrogen (secondary N) is 1. The second-order valence-electron chi connectivity index (χ2n) is 8.16. The molecule has 3 aromatic rings. The third kappa shape index (κ3) is 5.15. The van der Waals surface area contributed by atoms with Crippen LogP contribution in [-0.4, -0.2) is 24.4 Å². The van der Waals surface area contributed by atoms with Gasteiger partial charge in [0.05, 0.1) is 17.9 Å². The minimum atomic E-state index is -0.573. The van der Waals surface area contributed by atoms with Crippen LogP contribution in [0.2, 0.25) is 0 Å². The van der Waals surface area contributed by atoms with Crippen LogP contribution in [-0.2, 0) is 14.3 Å². The molecule has 0 saturated heterocycles. The summed E-state index contributed by atoms with van der Waals surface area (Å²) >= 11 is 1.22. The fourth-order valence-corrected chi connectivity index (χ4v) is 4.55. The predicted molar refractivity (Wildman–Crippen MR) is 138 cm³/mol. The molecule has 2 amide bonds. The quantitative estimate of drug-likeness (QED) is 0.318. The van der Waals surface area contributed by atoms with Crippen LogP contribution in [0.1, 0.15) is 34.8 Å². The van der Waals surface area contributed by atoms with Crippen molar-refractivity contribution in [1.82, 2.24) is 0 Å². The van der Waals surface area contributed by atoms with Gasteiger partial charge in [-0.3, -0.25) is 9.59 Å². The molecule has 1 aliphatic rings. The van der Waals surface area contributed by atoms with Crippen molar-refractivity contribution in [3.8, 4) is 0 Å². The summed E-state index contributed by atoms with van der Waals surface area (Å²) in [4.78, 5) is 42.2. The first-order valence-corrected chi connectivity index (χ1v) is 12.2. The van der Waals surface area contributed by atoms with Crippen molar-refractivity contribution < 1.29 is 19.1 Å². The largest absolute Gasteiger partial charge is 0.462 e. The van der Waals surface area contributed by atoms with E-state index in [1.165, 1.54) is 11.8 Å². The van der Waals surface area contributed by atoms with Crippen LogP contribution in [0, 0.1) is 13.8 Å². The number of rotatable bonds is 8. The zero-order chi connectivity index (χ0) is 24.9. The molecule has 0 unspecified atom stereocenters. The molecule has 0 aromatic heterocycles. The van der Waals surface area contributed by atoms with Gasteiger partial charge in [-0.1, -0.05) is 66.7 Å². The highest BCUT2D eigenvalue weighted by molar-refractivity contribution is 8.04. The van der Waals surface area contributed by atoms with E-state index in [0.717, 1.165) is 26.6 Å². The molecule has 1 N–H and O–H groups in total. The Bertz CT molecular complexity index is 1310. The molecule has 7 heteroatoms. The third-order valence-corrected chi connectivity index (χ3v) is 6.58. The number of nitrogens with zero attached hydrogens (tertiary/aromatic N) is 1. The van der Waals surface area contributed by atoms with Gasteiger partial charge < -0.3 is 10.1 Å². The Hall–Kier alpha value is -3.84. The fraction of sp³-hybridized carbons (Fsp3) is 0.179. The maximum absolute atomic E-state index is 13.7. The minimum absolute atomic E-state index is 0.166. The molecule has 35 heavy (non-hydrogen) atoms. The molecule has 0 spiro atoms. The lowest BCUT2D eigenvalue weighted by molar-refractivity contribution is -0.120. The molecule has 1 aliphatic heterocycles. The number of aryl methyl sites for hydroxylation is 2. The van der Waals surface area contributed by atoms with Crippen molar-refractivity contribution in [1.29, 1.82) is 0 Å². The summed E-state index contributed by atoms with van der Waals surface area (Å²) in [6.07, 6.45) is 0.666. The predicted octanol–water partition coefficient (Wildman–Crippen LogP) is 5.86. The summed E-state index contributed by atoms with van der Waals surface area (Å²) in [6.45, 7) is 6.06. The Kier molecular flexibility index (Phi) is 7.36. The highest BCUT2D eigenvalue weighted by atomic mass is 32.2. The molecule has 4 rings (SSSR count). The van der Waals surface area contributed by atoms with Gasteiger partial charge in [0.2, 0.25) is 0 Å². The van der Waals surface area contributed by atoms with Crippen molar-refractivity contribution in [2.24, 2.45) is 0 Å².